The molecule has 0 unspecified atom stereocenters. The molecule has 86 valence electrons. The first-order chi connectivity index (χ1) is 8.02. The van der Waals surface area contributed by atoms with Gasteiger partial charge in [0.25, 0.3) is 0 Å². The number of pyridine rings is 1. The van der Waals surface area contributed by atoms with Gasteiger partial charge in [-0.05, 0) is 32.9 Å². The first-order valence-corrected chi connectivity index (χ1v) is 5.43. The van der Waals surface area contributed by atoms with Crippen LogP contribution in [-0.4, -0.2) is 14.8 Å². The van der Waals surface area contributed by atoms with E-state index in [4.69, 9.17) is 5.26 Å². The fourth-order valence-electron chi connectivity index (χ4n) is 1.54. The van der Waals surface area contributed by atoms with Crippen molar-refractivity contribution in [2.24, 2.45) is 0 Å². The molecule has 4 heteroatoms. The minimum Gasteiger partial charge on any atom is -0.267 e. The van der Waals surface area contributed by atoms with Crippen molar-refractivity contribution >= 4 is 0 Å². The average molecular weight is 226 g/mol. The van der Waals surface area contributed by atoms with E-state index in [1.165, 1.54) is 0 Å². The Labute approximate surface area is 101 Å². The second-order valence-electron chi connectivity index (χ2n) is 4.86. The monoisotopic (exact) mass is 226 g/mol. The molecule has 0 bridgehead atoms. The summed E-state index contributed by atoms with van der Waals surface area (Å²) in [6.45, 7) is 6.23. The van der Waals surface area contributed by atoms with Gasteiger partial charge in [0, 0.05) is 18.0 Å². The Balaban J connectivity index is 2.49. The Morgan fingerprint density at radius 1 is 1.35 bits per heavy atom. The molecule has 4 nitrogen and oxygen atoms in total. The molecule has 0 fully saturated rings. The van der Waals surface area contributed by atoms with Gasteiger partial charge < -0.3 is 0 Å². The second-order valence-corrected chi connectivity index (χ2v) is 4.86. The van der Waals surface area contributed by atoms with Crippen LogP contribution in [0.15, 0.2) is 30.7 Å². The molecule has 0 amide bonds. The summed E-state index contributed by atoms with van der Waals surface area (Å²) in [5.41, 5.74) is 2.06. The molecule has 0 aliphatic carbocycles. The topological polar surface area (TPSA) is 54.5 Å². The van der Waals surface area contributed by atoms with Crippen LogP contribution in [0.2, 0.25) is 0 Å². The number of aromatic nitrogens is 3. The van der Waals surface area contributed by atoms with E-state index >= 15 is 0 Å². The highest BCUT2D eigenvalue weighted by Crippen LogP contribution is 2.22. The standard InChI is InChI=1S/C13H14N4/c1-13(2,3)17-9-11(8-16-17)12-10(7-14)5-4-6-15-12/h4-6,8-9H,1-3H3. The van der Waals surface area contributed by atoms with Crippen molar-refractivity contribution in [2.45, 2.75) is 26.3 Å². The Bertz CT molecular complexity index is 570. The lowest BCUT2D eigenvalue weighted by Gasteiger charge is -2.18. The molecule has 2 aromatic rings. The smallest absolute Gasteiger partial charge is 0.101 e. The van der Waals surface area contributed by atoms with Gasteiger partial charge in [0.2, 0.25) is 0 Å². The van der Waals surface area contributed by atoms with Gasteiger partial charge in [-0.2, -0.15) is 10.4 Å². The number of hydrogen-bond acceptors (Lipinski definition) is 3. The van der Waals surface area contributed by atoms with E-state index in [2.05, 4.69) is 36.9 Å². The molecule has 0 spiro atoms. The van der Waals surface area contributed by atoms with Crippen LogP contribution in [0.1, 0.15) is 26.3 Å². The van der Waals surface area contributed by atoms with Crippen molar-refractivity contribution in [1.82, 2.24) is 14.8 Å². The van der Waals surface area contributed by atoms with E-state index in [9.17, 15) is 0 Å². The van der Waals surface area contributed by atoms with Crippen molar-refractivity contribution < 1.29 is 0 Å². The fourth-order valence-corrected chi connectivity index (χ4v) is 1.54. The lowest BCUT2D eigenvalue weighted by molar-refractivity contribution is 0.355. The summed E-state index contributed by atoms with van der Waals surface area (Å²) in [6.07, 6.45) is 5.35. The lowest BCUT2D eigenvalue weighted by Crippen LogP contribution is -2.21. The maximum absolute atomic E-state index is 9.03. The molecule has 0 N–H and O–H groups in total. The third-order valence-electron chi connectivity index (χ3n) is 2.47. The molecule has 0 saturated carbocycles. The molecule has 0 atom stereocenters. The van der Waals surface area contributed by atoms with E-state index < -0.39 is 0 Å². The molecule has 2 heterocycles. The van der Waals surface area contributed by atoms with Gasteiger partial charge in [-0.25, -0.2) is 0 Å². The van der Waals surface area contributed by atoms with Crippen molar-refractivity contribution in [1.29, 1.82) is 5.26 Å². The first-order valence-electron chi connectivity index (χ1n) is 5.43. The van der Waals surface area contributed by atoms with Crippen molar-refractivity contribution in [2.75, 3.05) is 0 Å². The normalized spacial score (nSPS) is 11.2. The Morgan fingerprint density at radius 3 is 2.71 bits per heavy atom. The molecule has 17 heavy (non-hydrogen) atoms. The zero-order chi connectivity index (χ0) is 12.5. The van der Waals surface area contributed by atoms with Gasteiger partial charge in [0.1, 0.15) is 6.07 Å². The van der Waals surface area contributed by atoms with Gasteiger partial charge in [-0.15, -0.1) is 0 Å². The van der Waals surface area contributed by atoms with Crippen molar-refractivity contribution in [3.8, 4) is 17.3 Å². The molecule has 0 aromatic carbocycles. The minimum absolute atomic E-state index is 0.0696. The molecule has 0 radical (unpaired) electrons. The quantitative estimate of drug-likeness (QED) is 0.751. The molecule has 0 saturated heterocycles. The van der Waals surface area contributed by atoms with Gasteiger partial charge in [0.05, 0.1) is 23.0 Å². The van der Waals surface area contributed by atoms with Crippen LogP contribution in [-0.2, 0) is 5.54 Å². The highest BCUT2D eigenvalue weighted by Gasteiger charge is 2.16. The Morgan fingerprint density at radius 2 is 2.12 bits per heavy atom. The third kappa shape index (κ3) is 2.18. The maximum atomic E-state index is 9.03. The van der Waals surface area contributed by atoms with Crippen molar-refractivity contribution in [3.05, 3.63) is 36.3 Å². The summed E-state index contributed by atoms with van der Waals surface area (Å²) < 4.78 is 1.87. The first kappa shape index (κ1) is 11.3. The fraction of sp³-hybridized carbons (Fsp3) is 0.308. The Hall–Kier alpha value is -2.15. The van der Waals surface area contributed by atoms with E-state index in [0.717, 1.165) is 5.56 Å². The zero-order valence-electron chi connectivity index (χ0n) is 10.2. The number of nitrogens with zero attached hydrogens (tertiary/aromatic N) is 4. The van der Waals surface area contributed by atoms with E-state index in [1.807, 2.05) is 10.9 Å². The zero-order valence-corrected chi connectivity index (χ0v) is 10.2. The number of nitriles is 1. The van der Waals surface area contributed by atoms with Crippen LogP contribution in [0.4, 0.5) is 0 Å². The largest absolute Gasteiger partial charge is 0.267 e. The van der Waals surface area contributed by atoms with E-state index in [-0.39, 0.29) is 5.54 Å². The molecule has 0 aliphatic rings. The second kappa shape index (κ2) is 4.02. The summed E-state index contributed by atoms with van der Waals surface area (Å²) in [5.74, 6) is 0. The molecular weight excluding hydrogens is 212 g/mol. The highest BCUT2D eigenvalue weighted by molar-refractivity contribution is 5.64. The molecule has 0 aliphatic heterocycles. The van der Waals surface area contributed by atoms with Gasteiger partial charge in [-0.1, -0.05) is 0 Å². The lowest BCUT2D eigenvalue weighted by atomic mass is 10.1. The highest BCUT2D eigenvalue weighted by atomic mass is 15.3. The summed E-state index contributed by atoms with van der Waals surface area (Å²) >= 11 is 0. The molecular formula is C13H14N4. The van der Waals surface area contributed by atoms with Crippen LogP contribution < -0.4 is 0 Å². The molecule has 2 aromatic heterocycles. The predicted octanol–water partition coefficient (Wildman–Crippen LogP) is 2.57. The van der Waals surface area contributed by atoms with Crippen molar-refractivity contribution in [3.63, 3.8) is 0 Å². The van der Waals surface area contributed by atoms with E-state index in [0.29, 0.717) is 11.3 Å². The predicted molar refractivity (Wildman–Crippen MR) is 65.2 cm³/mol. The maximum Gasteiger partial charge on any atom is 0.101 e. The van der Waals surface area contributed by atoms with Crippen LogP contribution in [0.3, 0.4) is 0 Å². The van der Waals surface area contributed by atoms with Crippen LogP contribution in [0, 0.1) is 11.3 Å². The summed E-state index contributed by atoms with van der Waals surface area (Å²) in [6, 6.07) is 5.66. The Kier molecular flexibility index (Phi) is 2.68. The van der Waals surface area contributed by atoms with Crippen LogP contribution >= 0.6 is 0 Å². The molecule has 2 rings (SSSR count). The van der Waals surface area contributed by atoms with E-state index in [1.54, 1.807) is 24.5 Å². The average Bonchev–Trinajstić information content (AvgIpc) is 2.77. The van der Waals surface area contributed by atoms with Crippen LogP contribution in [0.25, 0.3) is 11.3 Å². The van der Waals surface area contributed by atoms with Crippen LogP contribution in [0.5, 0.6) is 0 Å². The number of hydrogen-bond donors (Lipinski definition) is 0. The summed E-state index contributed by atoms with van der Waals surface area (Å²) in [4.78, 5) is 4.24. The van der Waals surface area contributed by atoms with Gasteiger partial charge in [-0.3, -0.25) is 9.67 Å². The summed E-state index contributed by atoms with van der Waals surface area (Å²) in [7, 11) is 0. The number of rotatable bonds is 1. The SMILES string of the molecule is CC(C)(C)n1cc(-c2ncccc2C#N)cn1. The minimum atomic E-state index is -0.0696. The third-order valence-corrected chi connectivity index (χ3v) is 2.47. The van der Waals surface area contributed by atoms with Gasteiger partial charge >= 0.3 is 0 Å². The summed E-state index contributed by atoms with van der Waals surface area (Å²) in [5, 5.41) is 13.3. The van der Waals surface area contributed by atoms with Gasteiger partial charge in [0.15, 0.2) is 0 Å².